The van der Waals surface area contributed by atoms with Crippen LogP contribution >= 0.6 is 11.6 Å². The number of nitro groups is 1. The molecule has 0 aromatic heterocycles. The quantitative estimate of drug-likeness (QED) is 0.359. The van der Waals surface area contributed by atoms with Crippen LogP contribution in [0.1, 0.15) is 13.8 Å². The van der Waals surface area contributed by atoms with Crippen LogP contribution in [0.2, 0.25) is 5.02 Å². The maximum absolute atomic E-state index is 10.7. The maximum Gasteiger partial charge on any atom is 0.312 e. The Hall–Kier alpha value is -1.82. The van der Waals surface area contributed by atoms with Gasteiger partial charge < -0.3 is 9.47 Å². The summed E-state index contributed by atoms with van der Waals surface area (Å²) < 4.78 is 9.83. The number of nitro benzene ring substituents is 1. The van der Waals surface area contributed by atoms with Crippen LogP contribution in [0.15, 0.2) is 18.2 Å². The molecule has 1 unspecified atom stereocenters. The minimum absolute atomic E-state index is 0.00634. The standard InChI is InChI=1S/C10H10ClNO5/c1-6(13)16-7(2)17-10-4-3-8(11)5-9(10)12(14)15/h3-5,7H,1-2H3. The van der Waals surface area contributed by atoms with Crippen LogP contribution in [0.5, 0.6) is 5.75 Å². The molecular formula is C10H10ClNO5. The average molecular weight is 260 g/mol. The molecule has 0 bridgehead atoms. The first-order chi connectivity index (χ1) is 7.90. The molecule has 7 heteroatoms. The van der Waals surface area contributed by atoms with Crippen molar-refractivity contribution in [3.05, 3.63) is 33.3 Å². The molecule has 0 radical (unpaired) electrons. The predicted molar refractivity (Wildman–Crippen MR) is 60.0 cm³/mol. The Balaban J connectivity index is 2.90. The fraction of sp³-hybridized carbons (Fsp3) is 0.300. The van der Waals surface area contributed by atoms with E-state index in [1.165, 1.54) is 26.0 Å². The molecule has 1 atom stereocenters. The van der Waals surface area contributed by atoms with Crippen LogP contribution in [0.25, 0.3) is 0 Å². The van der Waals surface area contributed by atoms with Gasteiger partial charge in [-0.2, -0.15) is 0 Å². The van der Waals surface area contributed by atoms with Gasteiger partial charge in [0.25, 0.3) is 0 Å². The molecule has 0 saturated heterocycles. The zero-order valence-electron chi connectivity index (χ0n) is 9.18. The molecule has 1 aromatic rings. The zero-order chi connectivity index (χ0) is 13.0. The highest BCUT2D eigenvalue weighted by Gasteiger charge is 2.18. The second kappa shape index (κ2) is 5.49. The van der Waals surface area contributed by atoms with Gasteiger partial charge in [-0.25, -0.2) is 0 Å². The molecule has 17 heavy (non-hydrogen) atoms. The number of nitrogens with zero attached hydrogens (tertiary/aromatic N) is 1. The molecule has 6 nitrogen and oxygen atoms in total. The Morgan fingerprint density at radius 2 is 2.18 bits per heavy atom. The Morgan fingerprint density at radius 1 is 1.53 bits per heavy atom. The lowest BCUT2D eigenvalue weighted by atomic mass is 10.3. The van der Waals surface area contributed by atoms with Gasteiger partial charge in [0.05, 0.1) is 4.92 Å². The third-order valence-corrected chi connectivity index (χ3v) is 1.98. The second-order valence-corrected chi connectivity index (χ2v) is 3.60. The Bertz CT molecular complexity index is 448. The number of rotatable bonds is 4. The van der Waals surface area contributed by atoms with E-state index in [0.717, 1.165) is 6.07 Å². The first-order valence-electron chi connectivity index (χ1n) is 4.68. The van der Waals surface area contributed by atoms with Crippen molar-refractivity contribution in [1.82, 2.24) is 0 Å². The van der Waals surface area contributed by atoms with Gasteiger partial charge in [0.1, 0.15) is 0 Å². The fourth-order valence-electron chi connectivity index (χ4n) is 1.17. The maximum atomic E-state index is 10.7. The van der Waals surface area contributed by atoms with Crippen molar-refractivity contribution in [2.75, 3.05) is 0 Å². The normalized spacial score (nSPS) is 11.7. The molecule has 1 aromatic carbocycles. The van der Waals surface area contributed by atoms with Crippen LogP contribution in [-0.4, -0.2) is 17.2 Å². The summed E-state index contributed by atoms with van der Waals surface area (Å²) in [5, 5.41) is 11.0. The van der Waals surface area contributed by atoms with E-state index in [2.05, 4.69) is 0 Å². The third-order valence-electron chi connectivity index (χ3n) is 1.74. The molecule has 1 rings (SSSR count). The van der Waals surface area contributed by atoms with Crippen molar-refractivity contribution >= 4 is 23.3 Å². The molecule has 0 aliphatic heterocycles. The Kier molecular flexibility index (Phi) is 4.28. The van der Waals surface area contributed by atoms with Crippen LogP contribution in [0, 0.1) is 10.1 Å². The lowest BCUT2D eigenvalue weighted by Crippen LogP contribution is -2.19. The molecule has 0 aliphatic rings. The minimum atomic E-state index is -0.910. The molecule has 0 spiro atoms. The van der Waals surface area contributed by atoms with E-state index in [0.29, 0.717) is 0 Å². The van der Waals surface area contributed by atoms with Gasteiger partial charge in [-0.3, -0.25) is 14.9 Å². The van der Waals surface area contributed by atoms with Gasteiger partial charge in [-0.15, -0.1) is 0 Å². The molecule has 0 fully saturated rings. The minimum Gasteiger partial charge on any atom is -0.448 e. The highest BCUT2D eigenvalue weighted by Crippen LogP contribution is 2.30. The number of hydrogen-bond acceptors (Lipinski definition) is 5. The smallest absolute Gasteiger partial charge is 0.312 e. The van der Waals surface area contributed by atoms with Crippen LogP contribution in [-0.2, 0) is 9.53 Å². The van der Waals surface area contributed by atoms with E-state index in [1.807, 2.05) is 0 Å². The number of hydrogen-bond donors (Lipinski definition) is 0. The number of carbonyl (C=O) groups excluding carboxylic acids is 1. The van der Waals surface area contributed by atoms with Crippen molar-refractivity contribution in [2.45, 2.75) is 20.1 Å². The summed E-state index contributed by atoms with van der Waals surface area (Å²) in [4.78, 5) is 20.8. The topological polar surface area (TPSA) is 78.7 Å². The van der Waals surface area contributed by atoms with Gasteiger partial charge in [0.15, 0.2) is 0 Å². The second-order valence-electron chi connectivity index (χ2n) is 3.16. The van der Waals surface area contributed by atoms with E-state index in [9.17, 15) is 14.9 Å². The zero-order valence-corrected chi connectivity index (χ0v) is 9.93. The van der Waals surface area contributed by atoms with E-state index in [1.54, 1.807) is 0 Å². The molecule has 92 valence electrons. The summed E-state index contributed by atoms with van der Waals surface area (Å²) >= 11 is 5.64. The van der Waals surface area contributed by atoms with Gasteiger partial charge in [0, 0.05) is 24.9 Å². The van der Waals surface area contributed by atoms with Gasteiger partial charge in [-0.1, -0.05) is 11.6 Å². The molecular weight excluding hydrogens is 250 g/mol. The first kappa shape index (κ1) is 13.2. The van der Waals surface area contributed by atoms with Crippen molar-refractivity contribution in [3.8, 4) is 5.75 Å². The highest BCUT2D eigenvalue weighted by molar-refractivity contribution is 6.30. The lowest BCUT2D eigenvalue weighted by molar-refractivity contribution is -0.386. The summed E-state index contributed by atoms with van der Waals surface area (Å²) in [5.74, 6) is -0.540. The SMILES string of the molecule is CC(=O)OC(C)Oc1ccc(Cl)cc1[N+](=O)[O-]. The number of benzene rings is 1. The summed E-state index contributed by atoms with van der Waals surface area (Å²) in [5.41, 5.74) is -0.281. The monoisotopic (exact) mass is 259 g/mol. The highest BCUT2D eigenvalue weighted by atomic mass is 35.5. The summed E-state index contributed by atoms with van der Waals surface area (Å²) in [7, 11) is 0. The number of esters is 1. The molecule has 0 aliphatic carbocycles. The molecule has 0 amide bonds. The van der Waals surface area contributed by atoms with E-state index >= 15 is 0 Å². The molecule has 0 N–H and O–H groups in total. The molecule has 0 heterocycles. The van der Waals surface area contributed by atoms with Crippen LogP contribution < -0.4 is 4.74 Å². The Morgan fingerprint density at radius 3 is 2.71 bits per heavy atom. The van der Waals surface area contributed by atoms with Crippen LogP contribution in [0.4, 0.5) is 5.69 Å². The van der Waals surface area contributed by atoms with E-state index < -0.39 is 17.2 Å². The van der Waals surface area contributed by atoms with Gasteiger partial charge in [0.2, 0.25) is 12.0 Å². The van der Waals surface area contributed by atoms with Crippen molar-refractivity contribution in [2.24, 2.45) is 0 Å². The van der Waals surface area contributed by atoms with Crippen molar-refractivity contribution < 1.29 is 19.2 Å². The number of carbonyl (C=O) groups is 1. The summed E-state index contributed by atoms with van der Waals surface area (Å²) in [6.45, 7) is 2.68. The van der Waals surface area contributed by atoms with Crippen molar-refractivity contribution in [1.29, 1.82) is 0 Å². The van der Waals surface area contributed by atoms with Gasteiger partial charge in [-0.05, 0) is 12.1 Å². The summed E-state index contributed by atoms with van der Waals surface area (Å²) in [6.07, 6.45) is -0.910. The Labute approximate surface area is 102 Å². The first-order valence-corrected chi connectivity index (χ1v) is 5.05. The summed E-state index contributed by atoms with van der Waals surface area (Å²) in [6, 6.07) is 3.96. The number of halogens is 1. The van der Waals surface area contributed by atoms with Crippen molar-refractivity contribution in [3.63, 3.8) is 0 Å². The van der Waals surface area contributed by atoms with Gasteiger partial charge >= 0.3 is 11.7 Å². The number of ether oxygens (including phenoxy) is 2. The third kappa shape index (κ3) is 3.92. The fourth-order valence-corrected chi connectivity index (χ4v) is 1.34. The van der Waals surface area contributed by atoms with E-state index in [4.69, 9.17) is 21.1 Å². The van der Waals surface area contributed by atoms with Crippen LogP contribution in [0.3, 0.4) is 0 Å². The average Bonchev–Trinajstić information content (AvgIpc) is 2.19. The largest absolute Gasteiger partial charge is 0.448 e. The molecule has 0 saturated carbocycles. The lowest BCUT2D eigenvalue weighted by Gasteiger charge is -2.14. The predicted octanol–water partition coefficient (Wildman–Crippen LogP) is 2.54. The van der Waals surface area contributed by atoms with E-state index in [-0.39, 0.29) is 16.5 Å².